The normalized spacial score (nSPS) is 11.3. The van der Waals surface area contributed by atoms with E-state index in [1.165, 1.54) is 6.21 Å². The van der Waals surface area contributed by atoms with E-state index in [4.69, 9.17) is 23.2 Å². The van der Waals surface area contributed by atoms with Crippen LogP contribution in [-0.4, -0.2) is 32.1 Å². The zero-order valence-electron chi connectivity index (χ0n) is 18.0. The maximum absolute atomic E-state index is 12.9. The molecule has 0 heterocycles. The minimum absolute atomic E-state index is 0.0378. The molecule has 2 N–H and O–H groups in total. The molecule has 6 nitrogen and oxygen atoms in total. The van der Waals surface area contributed by atoms with Crippen molar-refractivity contribution in [1.82, 2.24) is 10.7 Å². The highest BCUT2D eigenvalue weighted by molar-refractivity contribution is 6.43. The van der Waals surface area contributed by atoms with Gasteiger partial charge in [-0.3, -0.25) is 9.59 Å². The molecule has 0 radical (unpaired) electrons. The van der Waals surface area contributed by atoms with Gasteiger partial charge in [0.15, 0.2) is 0 Å². The van der Waals surface area contributed by atoms with Gasteiger partial charge in [0.25, 0.3) is 11.8 Å². The molecule has 0 aliphatic carbocycles. The summed E-state index contributed by atoms with van der Waals surface area (Å²) in [5, 5.41) is 7.33. The van der Waals surface area contributed by atoms with Gasteiger partial charge in [-0.05, 0) is 42.0 Å². The Hall–Kier alpha value is -3.61. The third-order valence-corrected chi connectivity index (χ3v) is 5.43. The standard InChI is InChI=1S/C25H22Cl2N4O2/c1-31(2)20-13-11-17(12-14-20)15-22(29-24(32)18-7-4-3-5-8-18)25(33)30-28-16-19-9-6-10-21(26)23(19)27/h3-16H,1-2H3,(H,29,32)(H,30,33)/b22-15-,28-16+. The number of carbonyl (C=O) groups excluding carboxylic acids is 2. The average molecular weight is 481 g/mol. The third-order valence-electron chi connectivity index (χ3n) is 4.60. The van der Waals surface area contributed by atoms with E-state index in [0.29, 0.717) is 21.2 Å². The smallest absolute Gasteiger partial charge is 0.287 e. The topological polar surface area (TPSA) is 73.8 Å². The number of rotatable bonds is 7. The van der Waals surface area contributed by atoms with Crippen molar-refractivity contribution < 1.29 is 9.59 Å². The van der Waals surface area contributed by atoms with Gasteiger partial charge in [-0.2, -0.15) is 5.10 Å². The lowest BCUT2D eigenvalue weighted by atomic mass is 10.1. The van der Waals surface area contributed by atoms with Crippen LogP contribution in [0.1, 0.15) is 21.5 Å². The minimum atomic E-state index is -0.592. The molecule has 0 bridgehead atoms. The lowest BCUT2D eigenvalue weighted by molar-refractivity contribution is -0.117. The molecular weight excluding hydrogens is 459 g/mol. The van der Waals surface area contributed by atoms with Crippen LogP contribution in [0.4, 0.5) is 5.69 Å². The van der Waals surface area contributed by atoms with Gasteiger partial charge >= 0.3 is 0 Å². The minimum Gasteiger partial charge on any atom is -0.378 e. The highest BCUT2D eigenvalue weighted by atomic mass is 35.5. The first-order valence-electron chi connectivity index (χ1n) is 9.98. The highest BCUT2D eigenvalue weighted by Crippen LogP contribution is 2.24. The van der Waals surface area contributed by atoms with E-state index >= 15 is 0 Å². The average Bonchev–Trinajstić information content (AvgIpc) is 2.82. The number of amides is 2. The maximum atomic E-state index is 12.9. The predicted octanol–water partition coefficient (Wildman–Crippen LogP) is 4.98. The molecule has 0 atom stereocenters. The van der Waals surface area contributed by atoms with Gasteiger partial charge in [0, 0.05) is 30.9 Å². The summed E-state index contributed by atoms with van der Waals surface area (Å²) in [5.74, 6) is -1.01. The maximum Gasteiger partial charge on any atom is 0.287 e. The van der Waals surface area contributed by atoms with Gasteiger partial charge in [-0.15, -0.1) is 0 Å². The van der Waals surface area contributed by atoms with Crippen LogP contribution in [-0.2, 0) is 4.79 Å². The molecule has 0 aliphatic heterocycles. The molecule has 0 fully saturated rings. The quantitative estimate of drug-likeness (QED) is 0.284. The van der Waals surface area contributed by atoms with E-state index in [9.17, 15) is 9.59 Å². The van der Waals surface area contributed by atoms with Crippen molar-refractivity contribution in [3.8, 4) is 0 Å². The predicted molar refractivity (Wildman–Crippen MR) is 135 cm³/mol. The molecule has 3 rings (SSSR count). The number of hydrogen-bond acceptors (Lipinski definition) is 4. The fourth-order valence-electron chi connectivity index (χ4n) is 2.82. The van der Waals surface area contributed by atoms with Crippen LogP contribution in [0.5, 0.6) is 0 Å². The Balaban J connectivity index is 1.83. The Morgan fingerprint density at radius 2 is 1.61 bits per heavy atom. The van der Waals surface area contributed by atoms with Crippen molar-refractivity contribution in [2.45, 2.75) is 0 Å². The molecule has 2 amide bonds. The van der Waals surface area contributed by atoms with Crippen molar-refractivity contribution in [2.24, 2.45) is 5.10 Å². The van der Waals surface area contributed by atoms with Gasteiger partial charge < -0.3 is 10.2 Å². The second-order valence-corrected chi connectivity index (χ2v) is 7.99. The molecule has 3 aromatic rings. The van der Waals surface area contributed by atoms with Crippen molar-refractivity contribution in [2.75, 3.05) is 19.0 Å². The van der Waals surface area contributed by atoms with Crippen molar-refractivity contribution in [3.63, 3.8) is 0 Å². The Morgan fingerprint density at radius 3 is 2.27 bits per heavy atom. The molecule has 168 valence electrons. The summed E-state index contributed by atoms with van der Waals surface area (Å²) < 4.78 is 0. The van der Waals surface area contributed by atoms with Gasteiger partial charge in [0.2, 0.25) is 0 Å². The zero-order valence-corrected chi connectivity index (χ0v) is 19.6. The van der Waals surface area contributed by atoms with E-state index in [2.05, 4.69) is 15.8 Å². The fourth-order valence-corrected chi connectivity index (χ4v) is 3.18. The van der Waals surface area contributed by atoms with Crippen molar-refractivity contribution in [3.05, 3.63) is 105 Å². The molecular formula is C25H22Cl2N4O2. The number of hydrazone groups is 1. The van der Waals surface area contributed by atoms with Crippen LogP contribution in [0.2, 0.25) is 10.0 Å². The van der Waals surface area contributed by atoms with Crippen LogP contribution in [0.3, 0.4) is 0 Å². The molecule has 33 heavy (non-hydrogen) atoms. The van der Waals surface area contributed by atoms with E-state index in [1.54, 1.807) is 48.5 Å². The summed E-state index contributed by atoms with van der Waals surface area (Å²) in [6, 6.07) is 21.3. The number of anilines is 1. The van der Waals surface area contributed by atoms with E-state index in [1.807, 2.05) is 49.3 Å². The Labute approximate surface area is 202 Å². The van der Waals surface area contributed by atoms with Gasteiger partial charge in [-0.1, -0.05) is 65.7 Å². The lowest BCUT2D eigenvalue weighted by Gasteiger charge is -2.12. The third kappa shape index (κ3) is 6.68. The lowest BCUT2D eigenvalue weighted by Crippen LogP contribution is -2.32. The molecule has 0 saturated heterocycles. The van der Waals surface area contributed by atoms with Crippen LogP contribution in [0, 0.1) is 0 Å². The van der Waals surface area contributed by atoms with Crippen LogP contribution < -0.4 is 15.6 Å². The number of halogens is 2. The molecule has 0 saturated carbocycles. The summed E-state index contributed by atoms with van der Waals surface area (Å²) in [5.41, 5.74) is 5.17. The second kappa shape index (κ2) is 11.3. The molecule has 0 aromatic heterocycles. The second-order valence-electron chi connectivity index (χ2n) is 7.21. The Morgan fingerprint density at radius 1 is 0.909 bits per heavy atom. The first kappa shape index (κ1) is 24.0. The summed E-state index contributed by atoms with van der Waals surface area (Å²) >= 11 is 12.1. The van der Waals surface area contributed by atoms with Crippen LogP contribution in [0.25, 0.3) is 6.08 Å². The zero-order chi connectivity index (χ0) is 23.8. The van der Waals surface area contributed by atoms with E-state index in [0.717, 1.165) is 11.3 Å². The SMILES string of the molecule is CN(C)c1ccc(/C=C(\NC(=O)c2ccccc2)C(=O)N/N=C/c2cccc(Cl)c2Cl)cc1. The number of nitrogens with zero attached hydrogens (tertiary/aromatic N) is 2. The van der Waals surface area contributed by atoms with Gasteiger partial charge in [0.05, 0.1) is 16.3 Å². The van der Waals surface area contributed by atoms with Gasteiger partial charge in [-0.25, -0.2) is 5.43 Å². The van der Waals surface area contributed by atoms with Gasteiger partial charge in [0.1, 0.15) is 5.70 Å². The molecule has 8 heteroatoms. The van der Waals surface area contributed by atoms with Crippen LogP contribution >= 0.6 is 23.2 Å². The Kier molecular flexibility index (Phi) is 8.24. The summed E-state index contributed by atoms with van der Waals surface area (Å²) in [7, 11) is 3.88. The number of nitrogens with one attached hydrogen (secondary N) is 2. The van der Waals surface area contributed by atoms with E-state index < -0.39 is 11.8 Å². The molecule has 0 spiro atoms. The van der Waals surface area contributed by atoms with Crippen LogP contribution in [0.15, 0.2) is 83.6 Å². The highest BCUT2D eigenvalue weighted by Gasteiger charge is 2.14. The molecule has 3 aromatic carbocycles. The first-order valence-corrected chi connectivity index (χ1v) is 10.7. The molecule has 0 unspecified atom stereocenters. The van der Waals surface area contributed by atoms with Crippen molar-refractivity contribution >= 4 is 53.0 Å². The summed E-state index contributed by atoms with van der Waals surface area (Å²) in [4.78, 5) is 27.5. The number of hydrogen-bond donors (Lipinski definition) is 2. The van der Waals surface area contributed by atoms with E-state index in [-0.39, 0.29) is 5.70 Å². The monoisotopic (exact) mass is 480 g/mol. The number of benzene rings is 3. The first-order chi connectivity index (χ1) is 15.8. The Bertz CT molecular complexity index is 1190. The largest absolute Gasteiger partial charge is 0.378 e. The number of carbonyl (C=O) groups is 2. The summed E-state index contributed by atoms with van der Waals surface area (Å²) in [6.45, 7) is 0. The van der Waals surface area contributed by atoms with Crippen molar-refractivity contribution in [1.29, 1.82) is 0 Å². The fraction of sp³-hybridized carbons (Fsp3) is 0.0800. The summed E-state index contributed by atoms with van der Waals surface area (Å²) in [6.07, 6.45) is 2.96. The molecule has 0 aliphatic rings.